The fourth-order valence-corrected chi connectivity index (χ4v) is 3.98. The highest BCUT2D eigenvalue weighted by Gasteiger charge is 2.30. The van der Waals surface area contributed by atoms with Crippen molar-refractivity contribution in [1.29, 1.82) is 0 Å². The Bertz CT molecular complexity index is 425. The molecular formula is C15H24N2O2S. The highest BCUT2D eigenvalue weighted by molar-refractivity contribution is 7.10. The number of hydrogen-bond acceptors (Lipinski definition) is 4. The molecule has 0 aromatic carbocycles. The Morgan fingerprint density at radius 1 is 1.20 bits per heavy atom. The smallest absolute Gasteiger partial charge is 0.320 e. The minimum absolute atomic E-state index is 0.378. The Morgan fingerprint density at radius 3 is 2.25 bits per heavy atom. The molecule has 2 unspecified atom stereocenters. The normalized spacial score (nSPS) is 21.0. The van der Waals surface area contributed by atoms with Gasteiger partial charge in [-0.3, -0.25) is 14.6 Å². The van der Waals surface area contributed by atoms with Gasteiger partial charge in [0, 0.05) is 37.1 Å². The molecule has 1 saturated heterocycles. The molecule has 1 aliphatic heterocycles. The molecule has 1 N–H and O–H groups in total. The lowest BCUT2D eigenvalue weighted by Crippen LogP contribution is -2.52. The van der Waals surface area contributed by atoms with Gasteiger partial charge in [0.1, 0.15) is 6.04 Å². The van der Waals surface area contributed by atoms with Crippen molar-refractivity contribution in [1.82, 2.24) is 9.80 Å². The molecule has 2 rings (SSSR count). The first kappa shape index (κ1) is 15.5. The highest BCUT2D eigenvalue weighted by atomic mass is 32.1. The van der Waals surface area contributed by atoms with Crippen LogP contribution in [-0.2, 0) is 4.79 Å². The Morgan fingerprint density at radius 2 is 1.80 bits per heavy atom. The van der Waals surface area contributed by atoms with E-state index < -0.39 is 5.97 Å². The van der Waals surface area contributed by atoms with E-state index in [2.05, 4.69) is 41.2 Å². The van der Waals surface area contributed by atoms with Gasteiger partial charge >= 0.3 is 5.97 Å². The van der Waals surface area contributed by atoms with Gasteiger partial charge < -0.3 is 5.11 Å². The summed E-state index contributed by atoms with van der Waals surface area (Å²) in [6.45, 7) is 9.85. The number of hydrogen-bond donors (Lipinski definition) is 1. The summed E-state index contributed by atoms with van der Waals surface area (Å²) in [7, 11) is 0. The van der Waals surface area contributed by atoms with E-state index in [0.717, 1.165) is 26.2 Å². The summed E-state index contributed by atoms with van der Waals surface area (Å²) in [6, 6.07) is 4.40. The molecule has 0 bridgehead atoms. The minimum atomic E-state index is -0.725. The van der Waals surface area contributed by atoms with Crippen molar-refractivity contribution >= 4 is 17.3 Å². The number of piperazine rings is 1. The summed E-state index contributed by atoms with van der Waals surface area (Å²) >= 11 is 1.82. The van der Waals surface area contributed by atoms with Crippen LogP contribution in [0.15, 0.2) is 17.5 Å². The second-order valence-electron chi connectivity index (χ2n) is 5.79. The van der Waals surface area contributed by atoms with Crippen LogP contribution >= 0.6 is 11.3 Å². The molecule has 0 aliphatic carbocycles. The second kappa shape index (κ2) is 6.70. The maximum atomic E-state index is 11.1. The van der Waals surface area contributed by atoms with Crippen LogP contribution in [0.2, 0.25) is 0 Å². The number of thiophene rings is 1. The first-order valence-corrected chi connectivity index (χ1v) is 8.13. The van der Waals surface area contributed by atoms with E-state index in [1.807, 2.05) is 11.3 Å². The monoisotopic (exact) mass is 296 g/mol. The van der Waals surface area contributed by atoms with Crippen LogP contribution in [0.4, 0.5) is 0 Å². The molecule has 5 heteroatoms. The van der Waals surface area contributed by atoms with Crippen molar-refractivity contribution in [2.24, 2.45) is 5.92 Å². The Labute approximate surface area is 125 Å². The van der Waals surface area contributed by atoms with Crippen molar-refractivity contribution in [3.63, 3.8) is 0 Å². The van der Waals surface area contributed by atoms with Gasteiger partial charge in [0.25, 0.3) is 0 Å². The molecule has 20 heavy (non-hydrogen) atoms. The lowest BCUT2D eigenvalue weighted by Gasteiger charge is -2.41. The van der Waals surface area contributed by atoms with E-state index in [1.165, 1.54) is 4.88 Å². The zero-order chi connectivity index (χ0) is 14.7. The molecule has 2 atom stereocenters. The summed E-state index contributed by atoms with van der Waals surface area (Å²) in [5.74, 6) is -0.158. The highest BCUT2D eigenvalue weighted by Crippen LogP contribution is 2.32. The average molecular weight is 296 g/mol. The topological polar surface area (TPSA) is 43.8 Å². The predicted octanol–water partition coefficient (Wildman–Crippen LogP) is 2.54. The minimum Gasteiger partial charge on any atom is -0.480 e. The van der Waals surface area contributed by atoms with E-state index in [1.54, 1.807) is 6.92 Å². The third kappa shape index (κ3) is 3.40. The van der Waals surface area contributed by atoms with Crippen LogP contribution < -0.4 is 0 Å². The van der Waals surface area contributed by atoms with E-state index in [9.17, 15) is 4.79 Å². The SMILES string of the molecule is CC(C)C(c1cccs1)N1CCN(C(C)C(=O)O)CC1. The number of carboxylic acids is 1. The van der Waals surface area contributed by atoms with Gasteiger partial charge in [-0.05, 0) is 24.3 Å². The molecule has 0 saturated carbocycles. The van der Waals surface area contributed by atoms with Gasteiger partial charge in [-0.15, -0.1) is 11.3 Å². The van der Waals surface area contributed by atoms with Gasteiger partial charge in [-0.2, -0.15) is 0 Å². The lowest BCUT2D eigenvalue weighted by molar-refractivity contribution is -0.143. The summed E-state index contributed by atoms with van der Waals surface area (Å²) in [5.41, 5.74) is 0. The van der Waals surface area contributed by atoms with Crippen molar-refractivity contribution in [2.75, 3.05) is 26.2 Å². The summed E-state index contributed by atoms with van der Waals surface area (Å²) in [4.78, 5) is 17.0. The van der Waals surface area contributed by atoms with Gasteiger partial charge in [0.2, 0.25) is 0 Å². The lowest BCUT2D eigenvalue weighted by atomic mass is 10.00. The molecule has 1 aliphatic rings. The van der Waals surface area contributed by atoms with Crippen LogP contribution in [0.3, 0.4) is 0 Å². The van der Waals surface area contributed by atoms with Crippen LogP contribution in [-0.4, -0.2) is 53.1 Å². The second-order valence-corrected chi connectivity index (χ2v) is 6.77. The van der Waals surface area contributed by atoms with Crippen LogP contribution in [0.25, 0.3) is 0 Å². The molecule has 2 heterocycles. The third-order valence-corrected chi connectivity index (χ3v) is 5.06. The molecular weight excluding hydrogens is 272 g/mol. The molecule has 1 aromatic rings. The number of nitrogens with zero attached hydrogens (tertiary/aromatic N) is 2. The summed E-state index contributed by atoms with van der Waals surface area (Å²) in [5, 5.41) is 11.2. The summed E-state index contributed by atoms with van der Waals surface area (Å²) < 4.78 is 0. The number of carbonyl (C=O) groups is 1. The van der Waals surface area contributed by atoms with Gasteiger partial charge in [0.15, 0.2) is 0 Å². The molecule has 112 valence electrons. The van der Waals surface area contributed by atoms with Crippen molar-refractivity contribution in [3.05, 3.63) is 22.4 Å². The van der Waals surface area contributed by atoms with Crippen LogP contribution in [0.5, 0.6) is 0 Å². The zero-order valence-electron chi connectivity index (χ0n) is 12.5. The maximum Gasteiger partial charge on any atom is 0.320 e. The Kier molecular flexibility index (Phi) is 5.18. The molecule has 0 amide bonds. The third-order valence-electron chi connectivity index (χ3n) is 4.11. The average Bonchev–Trinajstić information content (AvgIpc) is 2.92. The Balaban J connectivity index is 2.00. The van der Waals surface area contributed by atoms with E-state index in [4.69, 9.17) is 5.11 Å². The fourth-order valence-electron chi connectivity index (χ4n) is 2.95. The maximum absolute atomic E-state index is 11.1. The van der Waals surface area contributed by atoms with Crippen molar-refractivity contribution in [3.8, 4) is 0 Å². The largest absolute Gasteiger partial charge is 0.480 e. The number of aliphatic carboxylic acids is 1. The first-order valence-electron chi connectivity index (χ1n) is 7.25. The number of carboxylic acid groups (broad SMARTS) is 1. The van der Waals surface area contributed by atoms with E-state index >= 15 is 0 Å². The van der Waals surface area contributed by atoms with Crippen LogP contribution in [0, 0.1) is 5.92 Å². The number of rotatable bonds is 5. The van der Waals surface area contributed by atoms with E-state index in [0.29, 0.717) is 12.0 Å². The van der Waals surface area contributed by atoms with Crippen LogP contribution in [0.1, 0.15) is 31.7 Å². The van der Waals surface area contributed by atoms with Gasteiger partial charge in [0.05, 0.1) is 0 Å². The molecule has 0 spiro atoms. The molecule has 1 aromatic heterocycles. The predicted molar refractivity (Wildman–Crippen MR) is 82.1 cm³/mol. The van der Waals surface area contributed by atoms with Crippen molar-refractivity contribution in [2.45, 2.75) is 32.9 Å². The standard InChI is InChI=1S/C15H24N2O2S/c1-11(2)14(13-5-4-10-20-13)17-8-6-16(7-9-17)12(3)15(18)19/h4-5,10-12,14H,6-9H2,1-3H3,(H,18,19). The summed E-state index contributed by atoms with van der Waals surface area (Å²) in [6.07, 6.45) is 0. The Hall–Kier alpha value is -0.910. The van der Waals surface area contributed by atoms with E-state index in [-0.39, 0.29) is 6.04 Å². The van der Waals surface area contributed by atoms with Gasteiger partial charge in [-0.1, -0.05) is 19.9 Å². The molecule has 4 nitrogen and oxygen atoms in total. The molecule has 1 fully saturated rings. The first-order chi connectivity index (χ1) is 9.50. The fraction of sp³-hybridized carbons (Fsp3) is 0.667. The molecule has 0 radical (unpaired) electrons. The zero-order valence-corrected chi connectivity index (χ0v) is 13.3. The van der Waals surface area contributed by atoms with Gasteiger partial charge in [-0.25, -0.2) is 0 Å². The van der Waals surface area contributed by atoms with Crippen molar-refractivity contribution < 1.29 is 9.90 Å². The quantitative estimate of drug-likeness (QED) is 0.907.